The maximum absolute atomic E-state index is 11.0. The van der Waals surface area contributed by atoms with E-state index >= 15 is 0 Å². The molecule has 1 aliphatic carbocycles. The average Bonchev–Trinajstić information content (AvgIpc) is 2.30. The number of ketones is 2. The molecule has 0 saturated heterocycles. The number of fused-ring (bicyclic) bond motifs is 1. The SMILES string of the molecule is O=C1Cc2ccccc2C1=O.[Na]. The average molecular weight is 169 g/mol. The summed E-state index contributed by atoms with van der Waals surface area (Å²) in [6, 6.07) is 7.13. The first-order valence-electron chi connectivity index (χ1n) is 3.44. The molecule has 1 aromatic carbocycles. The van der Waals surface area contributed by atoms with Crippen LogP contribution in [0.5, 0.6) is 0 Å². The van der Waals surface area contributed by atoms with Gasteiger partial charge in [-0.15, -0.1) is 0 Å². The Kier molecular flexibility index (Phi) is 2.83. The monoisotopic (exact) mass is 169 g/mol. The summed E-state index contributed by atoms with van der Waals surface area (Å²) < 4.78 is 0. The summed E-state index contributed by atoms with van der Waals surface area (Å²) in [6.07, 6.45) is 0.287. The molecule has 2 nitrogen and oxygen atoms in total. The van der Waals surface area contributed by atoms with Crippen LogP contribution < -0.4 is 0 Å². The van der Waals surface area contributed by atoms with Gasteiger partial charge in [-0.3, -0.25) is 9.59 Å². The third kappa shape index (κ3) is 1.38. The van der Waals surface area contributed by atoms with Crippen LogP contribution in [0.1, 0.15) is 15.9 Å². The van der Waals surface area contributed by atoms with Gasteiger partial charge in [-0.1, -0.05) is 24.3 Å². The number of carbonyl (C=O) groups is 2. The van der Waals surface area contributed by atoms with Crippen LogP contribution in [0.25, 0.3) is 0 Å². The van der Waals surface area contributed by atoms with Crippen LogP contribution in [0.15, 0.2) is 24.3 Å². The number of rotatable bonds is 0. The van der Waals surface area contributed by atoms with Crippen molar-refractivity contribution in [2.24, 2.45) is 0 Å². The zero-order chi connectivity index (χ0) is 7.84. The van der Waals surface area contributed by atoms with Gasteiger partial charge in [0.2, 0.25) is 11.6 Å². The summed E-state index contributed by atoms with van der Waals surface area (Å²) >= 11 is 0. The molecule has 1 aromatic rings. The van der Waals surface area contributed by atoms with Gasteiger partial charge in [0.05, 0.1) is 0 Å². The van der Waals surface area contributed by atoms with Gasteiger partial charge in [0.1, 0.15) is 0 Å². The van der Waals surface area contributed by atoms with Crippen LogP contribution >= 0.6 is 0 Å². The Bertz CT molecular complexity index is 344. The number of Topliss-reactive ketones (excluding diaryl/α,β-unsaturated/α-hetero) is 2. The summed E-state index contributed by atoms with van der Waals surface area (Å²) in [4.78, 5) is 21.9. The zero-order valence-electron chi connectivity index (χ0n) is 6.83. The molecule has 12 heavy (non-hydrogen) atoms. The van der Waals surface area contributed by atoms with E-state index in [4.69, 9.17) is 0 Å². The van der Waals surface area contributed by atoms with Gasteiger partial charge >= 0.3 is 0 Å². The number of benzene rings is 1. The van der Waals surface area contributed by atoms with Crippen molar-refractivity contribution >= 4 is 41.1 Å². The van der Waals surface area contributed by atoms with Crippen LogP contribution in [-0.4, -0.2) is 41.1 Å². The molecule has 0 aromatic heterocycles. The van der Waals surface area contributed by atoms with Crippen LogP contribution in [0, 0.1) is 0 Å². The number of hydrogen-bond acceptors (Lipinski definition) is 2. The molecule has 2 rings (SSSR count). The largest absolute Gasteiger partial charge is 0.290 e. The standard InChI is InChI=1S/C9H6O2.Na/c10-8-5-6-3-1-2-4-7(6)9(8)11;/h1-4H,5H2;. The molecule has 0 unspecified atom stereocenters. The Morgan fingerprint density at radius 2 is 1.75 bits per heavy atom. The summed E-state index contributed by atoms with van der Waals surface area (Å²) in [5.41, 5.74) is 1.44. The fourth-order valence-corrected chi connectivity index (χ4v) is 1.30. The maximum Gasteiger partial charge on any atom is 0.229 e. The van der Waals surface area contributed by atoms with Crippen LogP contribution in [0.2, 0.25) is 0 Å². The van der Waals surface area contributed by atoms with Crippen molar-refractivity contribution in [3.05, 3.63) is 35.4 Å². The van der Waals surface area contributed by atoms with E-state index in [0.717, 1.165) is 5.56 Å². The molecule has 0 heterocycles. The van der Waals surface area contributed by atoms with E-state index in [9.17, 15) is 9.59 Å². The Labute approximate surface area is 92.3 Å². The van der Waals surface area contributed by atoms with Crippen LogP contribution in [0.3, 0.4) is 0 Å². The Hall–Kier alpha value is -0.440. The second-order valence-corrected chi connectivity index (χ2v) is 2.59. The fraction of sp³-hybridized carbons (Fsp3) is 0.111. The molecule has 0 amide bonds. The first-order valence-corrected chi connectivity index (χ1v) is 3.44. The van der Waals surface area contributed by atoms with Crippen molar-refractivity contribution in [1.29, 1.82) is 0 Å². The van der Waals surface area contributed by atoms with E-state index in [1.165, 1.54) is 0 Å². The first kappa shape index (κ1) is 9.65. The summed E-state index contributed by atoms with van der Waals surface area (Å²) in [5.74, 6) is -0.619. The van der Waals surface area contributed by atoms with Crippen molar-refractivity contribution in [2.45, 2.75) is 6.42 Å². The van der Waals surface area contributed by atoms with Gasteiger partial charge in [0, 0.05) is 41.5 Å². The Morgan fingerprint density at radius 1 is 1.08 bits per heavy atom. The van der Waals surface area contributed by atoms with Gasteiger partial charge < -0.3 is 0 Å². The molecule has 3 heteroatoms. The van der Waals surface area contributed by atoms with Crippen LogP contribution in [-0.2, 0) is 11.2 Å². The van der Waals surface area contributed by atoms with Crippen molar-refractivity contribution in [2.75, 3.05) is 0 Å². The second kappa shape index (κ2) is 3.52. The molecule has 0 fully saturated rings. The minimum Gasteiger partial charge on any atom is -0.290 e. The molecular weight excluding hydrogens is 163 g/mol. The third-order valence-electron chi connectivity index (χ3n) is 1.87. The Balaban J connectivity index is 0.000000720. The van der Waals surface area contributed by atoms with Gasteiger partial charge in [-0.05, 0) is 5.56 Å². The van der Waals surface area contributed by atoms with Gasteiger partial charge in [0.25, 0.3) is 0 Å². The minimum atomic E-state index is -0.333. The predicted octanol–water partition coefficient (Wildman–Crippen LogP) is 0.614. The first-order chi connectivity index (χ1) is 5.29. The van der Waals surface area contributed by atoms with E-state index in [-0.39, 0.29) is 47.5 Å². The molecule has 0 saturated carbocycles. The molecule has 0 spiro atoms. The maximum atomic E-state index is 11.0. The molecule has 0 bridgehead atoms. The number of carbonyl (C=O) groups excluding carboxylic acids is 2. The molecule has 1 radical (unpaired) electrons. The van der Waals surface area contributed by atoms with Gasteiger partial charge in [-0.2, -0.15) is 0 Å². The van der Waals surface area contributed by atoms with Crippen LogP contribution in [0.4, 0.5) is 0 Å². The van der Waals surface area contributed by atoms with E-state index in [1.807, 2.05) is 12.1 Å². The van der Waals surface area contributed by atoms with E-state index in [2.05, 4.69) is 0 Å². The minimum absolute atomic E-state index is 0. The molecule has 0 N–H and O–H groups in total. The van der Waals surface area contributed by atoms with Crippen molar-refractivity contribution in [3.8, 4) is 0 Å². The summed E-state index contributed by atoms with van der Waals surface area (Å²) in [6.45, 7) is 0. The van der Waals surface area contributed by atoms with Crippen molar-refractivity contribution in [3.63, 3.8) is 0 Å². The molecule has 1 aliphatic rings. The normalized spacial score (nSPS) is 14.0. The molecular formula is C9H6NaO2. The number of hydrogen-bond donors (Lipinski definition) is 0. The smallest absolute Gasteiger partial charge is 0.229 e. The Morgan fingerprint density at radius 3 is 2.42 bits per heavy atom. The predicted molar refractivity (Wildman–Crippen MR) is 45.2 cm³/mol. The van der Waals surface area contributed by atoms with Crippen molar-refractivity contribution in [1.82, 2.24) is 0 Å². The second-order valence-electron chi connectivity index (χ2n) is 2.59. The molecule has 55 valence electrons. The molecule has 0 aliphatic heterocycles. The van der Waals surface area contributed by atoms with Gasteiger partial charge in [-0.25, -0.2) is 0 Å². The molecule has 0 atom stereocenters. The summed E-state index contributed by atoms with van der Waals surface area (Å²) in [7, 11) is 0. The third-order valence-corrected chi connectivity index (χ3v) is 1.87. The quantitative estimate of drug-likeness (QED) is 0.421. The zero-order valence-corrected chi connectivity index (χ0v) is 8.83. The van der Waals surface area contributed by atoms with Crippen molar-refractivity contribution < 1.29 is 9.59 Å². The topological polar surface area (TPSA) is 34.1 Å². The summed E-state index contributed by atoms with van der Waals surface area (Å²) in [5, 5.41) is 0. The van der Waals surface area contributed by atoms with E-state index in [0.29, 0.717) is 5.56 Å². The van der Waals surface area contributed by atoms with Gasteiger partial charge in [0.15, 0.2) is 0 Å². The van der Waals surface area contributed by atoms with E-state index in [1.54, 1.807) is 12.1 Å². The fourth-order valence-electron chi connectivity index (χ4n) is 1.30. The van der Waals surface area contributed by atoms with E-state index < -0.39 is 0 Å².